The first-order chi connectivity index (χ1) is 9.31. The molecule has 0 saturated heterocycles. The molecule has 112 valence electrons. The molecule has 0 atom stereocenters. The number of rotatable bonds is 7. The van der Waals surface area contributed by atoms with Crippen LogP contribution in [0.2, 0.25) is 0 Å². The molecule has 0 radical (unpaired) electrons. The van der Waals surface area contributed by atoms with Crippen LogP contribution in [-0.4, -0.2) is 23.0 Å². The summed E-state index contributed by atoms with van der Waals surface area (Å²) >= 11 is 0. The van der Waals surface area contributed by atoms with E-state index in [-0.39, 0.29) is 11.1 Å². The van der Waals surface area contributed by atoms with Crippen LogP contribution in [0.1, 0.15) is 40.5 Å². The van der Waals surface area contributed by atoms with Crippen molar-refractivity contribution >= 4 is 17.3 Å². The van der Waals surface area contributed by atoms with Gasteiger partial charge < -0.3 is 10.6 Å². The van der Waals surface area contributed by atoms with Gasteiger partial charge in [-0.25, -0.2) is 4.98 Å². The second-order valence-corrected chi connectivity index (χ2v) is 6.02. The molecule has 1 rings (SSSR count). The fourth-order valence-corrected chi connectivity index (χ4v) is 1.62. The van der Waals surface area contributed by atoms with Crippen LogP contribution in [-0.2, 0) is 0 Å². The van der Waals surface area contributed by atoms with Crippen LogP contribution in [0.25, 0.3) is 0 Å². The molecule has 0 fully saturated rings. The van der Waals surface area contributed by atoms with Crippen molar-refractivity contribution in [2.45, 2.75) is 40.5 Å². The number of pyridine rings is 1. The average Bonchev–Trinajstić information content (AvgIpc) is 2.34. The maximum absolute atomic E-state index is 10.9. The van der Waals surface area contributed by atoms with Crippen LogP contribution in [0.15, 0.2) is 12.1 Å². The summed E-state index contributed by atoms with van der Waals surface area (Å²) in [5.74, 6) is 1.08. The molecule has 6 nitrogen and oxygen atoms in total. The molecule has 2 N–H and O–H groups in total. The Morgan fingerprint density at radius 1 is 1.20 bits per heavy atom. The molecule has 0 aliphatic heterocycles. The Labute approximate surface area is 120 Å². The highest BCUT2D eigenvalue weighted by atomic mass is 16.6. The first-order valence-corrected chi connectivity index (χ1v) is 6.96. The lowest BCUT2D eigenvalue weighted by Gasteiger charge is -2.18. The van der Waals surface area contributed by atoms with Gasteiger partial charge in [0.05, 0.1) is 17.1 Å². The summed E-state index contributed by atoms with van der Waals surface area (Å²) in [6.07, 6.45) is 1.91. The van der Waals surface area contributed by atoms with Crippen molar-refractivity contribution in [1.82, 2.24) is 4.98 Å². The smallest absolute Gasteiger partial charge is 0.276 e. The predicted octanol–water partition coefficient (Wildman–Crippen LogP) is 3.66. The van der Waals surface area contributed by atoms with Gasteiger partial charge in [-0.3, -0.25) is 10.1 Å². The van der Waals surface area contributed by atoms with Crippen molar-refractivity contribution in [3.8, 4) is 0 Å². The Balaban J connectivity index is 2.77. The van der Waals surface area contributed by atoms with Gasteiger partial charge in [-0.1, -0.05) is 27.7 Å². The molecular formula is C14H24N4O2. The number of aromatic nitrogens is 1. The summed E-state index contributed by atoms with van der Waals surface area (Å²) in [4.78, 5) is 14.9. The fourth-order valence-electron chi connectivity index (χ4n) is 1.62. The fraction of sp³-hybridized carbons (Fsp3) is 0.643. The molecule has 0 amide bonds. The highest BCUT2D eigenvalue weighted by Crippen LogP contribution is 2.22. The SMILES string of the molecule is CCCNc1cc([N+](=O)[O-])cc(NCCC(C)(C)C)n1. The van der Waals surface area contributed by atoms with Gasteiger partial charge in [0.15, 0.2) is 0 Å². The van der Waals surface area contributed by atoms with E-state index in [1.54, 1.807) is 0 Å². The van der Waals surface area contributed by atoms with Gasteiger partial charge in [0.2, 0.25) is 0 Å². The van der Waals surface area contributed by atoms with Crippen molar-refractivity contribution in [2.24, 2.45) is 5.41 Å². The molecule has 20 heavy (non-hydrogen) atoms. The Morgan fingerprint density at radius 3 is 2.20 bits per heavy atom. The molecule has 0 aliphatic rings. The lowest BCUT2D eigenvalue weighted by Crippen LogP contribution is -2.14. The quantitative estimate of drug-likeness (QED) is 0.588. The normalized spacial score (nSPS) is 11.2. The summed E-state index contributed by atoms with van der Waals surface area (Å²) in [5.41, 5.74) is 0.272. The maximum atomic E-state index is 10.9. The van der Waals surface area contributed by atoms with Crippen LogP contribution in [0.5, 0.6) is 0 Å². The first kappa shape index (κ1) is 16.2. The Bertz CT molecular complexity index is 455. The Kier molecular flexibility index (Phi) is 5.73. The molecule has 0 aromatic carbocycles. The van der Waals surface area contributed by atoms with Crippen LogP contribution in [0, 0.1) is 15.5 Å². The van der Waals surface area contributed by atoms with E-state index in [0.29, 0.717) is 11.6 Å². The van der Waals surface area contributed by atoms with E-state index in [0.717, 1.165) is 25.9 Å². The minimum absolute atomic E-state index is 0.0526. The first-order valence-electron chi connectivity index (χ1n) is 6.96. The summed E-state index contributed by atoms with van der Waals surface area (Å²) in [6, 6.07) is 2.93. The molecule has 0 spiro atoms. The van der Waals surface area contributed by atoms with Gasteiger partial charge >= 0.3 is 0 Å². The predicted molar refractivity (Wildman–Crippen MR) is 82.2 cm³/mol. The monoisotopic (exact) mass is 280 g/mol. The molecule has 1 aromatic heterocycles. The number of nitrogens with one attached hydrogen (secondary N) is 2. The van der Waals surface area contributed by atoms with Gasteiger partial charge in [0.1, 0.15) is 11.6 Å². The highest BCUT2D eigenvalue weighted by Gasteiger charge is 2.13. The third-order valence-electron chi connectivity index (χ3n) is 2.76. The zero-order valence-corrected chi connectivity index (χ0v) is 12.7. The number of hydrogen-bond acceptors (Lipinski definition) is 5. The number of nitro groups is 1. The minimum Gasteiger partial charge on any atom is -0.370 e. The van der Waals surface area contributed by atoms with E-state index in [9.17, 15) is 10.1 Å². The van der Waals surface area contributed by atoms with Crippen molar-refractivity contribution < 1.29 is 4.92 Å². The number of hydrogen-bond donors (Lipinski definition) is 2. The lowest BCUT2D eigenvalue weighted by molar-refractivity contribution is -0.384. The van der Waals surface area contributed by atoms with E-state index in [2.05, 4.69) is 36.4 Å². The van der Waals surface area contributed by atoms with E-state index in [1.165, 1.54) is 12.1 Å². The zero-order valence-electron chi connectivity index (χ0n) is 12.7. The Morgan fingerprint density at radius 2 is 1.75 bits per heavy atom. The average molecular weight is 280 g/mol. The highest BCUT2D eigenvalue weighted by molar-refractivity contribution is 5.54. The van der Waals surface area contributed by atoms with E-state index < -0.39 is 4.92 Å². The molecular weight excluding hydrogens is 256 g/mol. The summed E-state index contributed by atoms with van der Waals surface area (Å²) in [5, 5.41) is 17.2. The summed E-state index contributed by atoms with van der Waals surface area (Å²) in [6.45, 7) is 9.99. The van der Waals surface area contributed by atoms with Crippen molar-refractivity contribution in [3.05, 3.63) is 22.2 Å². The van der Waals surface area contributed by atoms with Crippen molar-refractivity contribution in [1.29, 1.82) is 0 Å². The largest absolute Gasteiger partial charge is 0.370 e. The van der Waals surface area contributed by atoms with Crippen LogP contribution in [0.4, 0.5) is 17.3 Å². The second-order valence-electron chi connectivity index (χ2n) is 6.02. The van der Waals surface area contributed by atoms with Gasteiger partial charge in [-0.15, -0.1) is 0 Å². The number of nitrogens with zero attached hydrogens (tertiary/aromatic N) is 2. The van der Waals surface area contributed by atoms with Gasteiger partial charge in [0, 0.05) is 13.1 Å². The van der Waals surface area contributed by atoms with Crippen molar-refractivity contribution in [2.75, 3.05) is 23.7 Å². The molecule has 1 aromatic rings. The van der Waals surface area contributed by atoms with E-state index in [1.807, 2.05) is 6.92 Å². The minimum atomic E-state index is -0.395. The zero-order chi connectivity index (χ0) is 15.2. The summed E-state index contributed by atoms with van der Waals surface area (Å²) < 4.78 is 0. The number of anilines is 2. The standard InChI is InChI=1S/C14H24N4O2/c1-5-7-15-12-9-11(18(19)20)10-13(17-12)16-8-6-14(2,3)4/h9-10H,5-8H2,1-4H3,(H2,15,16,17). The third-order valence-corrected chi connectivity index (χ3v) is 2.76. The maximum Gasteiger partial charge on any atom is 0.276 e. The molecule has 1 heterocycles. The van der Waals surface area contributed by atoms with E-state index >= 15 is 0 Å². The van der Waals surface area contributed by atoms with Gasteiger partial charge in [0.25, 0.3) is 5.69 Å². The summed E-state index contributed by atoms with van der Waals surface area (Å²) in [7, 11) is 0. The molecule has 0 bridgehead atoms. The van der Waals surface area contributed by atoms with Crippen molar-refractivity contribution in [3.63, 3.8) is 0 Å². The molecule has 0 aliphatic carbocycles. The molecule has 0 saturated carbocycles. The van der Waals surface area contributed by atoms with Gasteiger partial charge in [-0.2, -0.15) is 0 Å². The van der Waals surface area contributed by atoms with Gasteiger partial charge in [-0.05, 0) is 18.3 Å². The molecule has 6 heteroatoms. The second kappa shape index (κ2) is 7.07. The lowest BCUT2D eigenvalue weighted by atomic mass is 9.92. The third kappa shape index (κ3) is 5.86. The van der Waals surface area contributed by atoms with Crippen LogP contribution < -0.4 is 10.6 Å². The molecule has 0 unspecified atom stereocenters. The Hall–Kier alpha value is -1.85. The topological polar surface area (TPSA) is 80.1 Å². The van der Waals surface area contributed by atoms with E-state index in [4.69, 9.17) is 0 Å². The van der Waals surface area contributed by atoms with Crippen LogP contribution >= 0.6 is 0 Å². The van der Waals surface area contributed by atoms with Crippen LogP contribution in [0.3, 0.4) is 0 Å².